The van der Waals surface area contributed by atoms with Crippen LogP contribution in [0.25, 0.3) is 5.57 Å². The average Bonchev–Trinajstić information content (AvgIpc) is 3.58. The van der Waals surface area contributed by atoms with E-state index in [1.54, 1.807) is 39.0 Å². The van der Waals surface area contributed by atoms with Crippen molar-refractivity contribution in [3.05, 3.63) is 83.2 Å². The summed E-state index contributed by atoms with van der Waals surface area (Å²) in [6.07, 6.45) is -4.76. The lowest BCUT2D eigenvalue weighted by molar-refractivity contribution is -0.930. The van der Waals surface area contributed by atoms with Crippen molar-refractivity contribution in [2.24, 2.45) is 10.2 Å². The molecule has 0 aliphatic carbocycles. The summed E-state index contributed by atoms with van der Waals surface area (Å²) in [5.41, 5.74) is -1.15. The van der Waals surface area contributed by atoms with Crippen LogP contribution >= 0.6 is 22.9 Å². The Balaban J connectivity index is 1.53. The van der Waals surface area contributed by atoms with Crippen molar-refractivity contribution >= 4 is 46.7 Å². The van der Waals surface area contributed by atoms with E-state index in [2.05, 4.69) is 10.2 Å². The van der Waals surface area contributed by atoms with Gasteiger partial charge in [0, 0.05) is 17.0 Å². The normalized spacial score (nSPS) is 20.2. The molecular weight excluding hydrogens is 663 g/mol. The molecule has 3 aromatic rings. The standard InChI is InChI=1S/C31H31ClF3N5O6S/c1-30(2,3)40(29(45)46)9-8-38(14-21(40)16-41)25(42)15-39-27(43)26(47-28(39)44)22(17-5-7-24-19(10-17)13-36-37-24)11-18-4-6-20(32)12-23(18)31(33,34)35/h4-7,10,12-13,21,41H,8-9,11,14-16H2,1-3H3,(H-,36,37,43,45,46)/p+1/t21-,40?/m1/s1. The third-order valence-electron chi connectivity index (χ3n) is 8.80. The van der Waals surface area contributed by atoms with Crippen molar-refractivity contribution in [3.8, 4) is 5.88 Å². The largest absolute Gasteiger partial charge is 0.514 e. The van der Waals surface area contributed by atoms with Gasteiger partial charge in [0.25, 0.3) is 0 Å². The Morgan fingerprint density at radius 1 is 1.15 bits per heavy atom. The third kappa shape index (κ3) is 6.32. The van der Waals surface area contributed by atoms with Crippen LogP contribution in [0, 0.1) is 0 Å². The fourth-order valence-electron chi connectivity index (χ4n) is 6.32. The first kappa shape index (κ1) is 34.3. The molecule has 250 valence electrons. The van der Waals surface area contributed by atoms with E-state index in [9.17, 15) is 42.9 Å². The number of carbonyl (C=O) groups is 2. The highest BCUT2D eigenvalue weighted by Crippen LogP contribution is 2.37. The van der Waals surface area contributed by atoms with Gasteiger partial charge >= 0.3 is 17.1 Å². The molecule has 2 aliphatic rings. The maximum absolute atomic E-state index is 14.1. The number of quaternary nitrogens is 1. The number of aromatic hydroxyl groups is 1. The quantitative estimate of drug-likeness (QED) is 0.338. The Labute approximate surface area is 275 Å². The van der Waals surface area contributed by atoms with Crippen LogP contribution in [0.15, 0.2) is 51.4 Å². The molecule has 1 fully saturated rings. The molecule has 5 rings (SSSR count). The Kier molecular flexibility index (Phi) is 9.14. The molecule has 1 saturated heterocycles. The SMILES string of the molecule is CC(C)(C)[N+]1(C(=O)O)CCN(C(=O)Cn2c(O)c(C(Cc3ccc(Cl)cc3C(F)(F)F)=c3ccc4c(c3)C=NN=4)sc2=O)C[C@@H]1CO. The van der Waals surface area contributed by atoms with E-state index in [0.29, 0.717) is 27.5 Å². The lowest BCUT2D eigenvalue weighted by atomic mass is 9.95. The molecule has 2 atom stereocenters. The Hall–Kier alpha value is -4.05. The minimum atomic E-state index is -4.74. The van der Waals surface area contributed by atoms with Crippen molar-refractivity contribution in [1.29, 1.82) is 0 Å². The lowest BCUT2D eigenvalue weighted by Crippen LogP contribution is -2.75. The molecule has 3 heterocycles. The second kappa shape index (κ2) is 12.5. The Morgan fingerprint density at radius 2 is 1.87 bits per heavy atom. The van der Waals surface area contributed by atoms with Gasteiger partial charge in [-0.2, -0.15) is 28.2 Å². The van der Waals surface area contributed by atoms with Gasteiger partial charge in [0.1, 0.15) is 24.7 Å². The summed E-state index contributed by atoms with van der Waals surface area (Å²) >= 11 is 6.47. The van der Waals surface area contributed by atoms with Crippen LogP contribution < -0.4 is 15.4 Å². The smallest absolute Gasteiger partial charge is 0.493 e. The molecule has 3 N–H and O–H groups in total. The van der Waals surface area contributed by atoms with Gasteiger partial charge in [0.2, 0.25) is 11.8 Å². The van der Waals surface area contributed by atoms with E-state index in [-0.39, 0.29) is 47.1 Å². The van der Waals surface area contributed by atoms with Crippen LogP contribution in [0.5, 0.6) is 5.88 Å². The molecule has 2 aromatic carbocycles. The molecule has 1 aromatic heterocycles. The van der Waals surface area contributed by atoms with Gasteiger partial charge in [0.05, 0.1) is 41.7 Å². The number of thiazole rings is 1. The number of piperazine rings is 1. The number of nitrogens with zero attached hydrogens (tertiary/aromatic N) is 5. The highest BCUT2D eigenvalue weighted by Gasteiger charge is 2.56. The summed E-state index contributed by atoms with van der Waals surface area (Å²) in [5.74, 6) is -1.21. The zero-order chi connectivity index (χ0) is 34.5. The van der Waals surface area contributed by atoms with Crippen molar-refractivity contribution < 1.29 is 42.6 Å². The van der Waals surface area contributed by atoms with Gasteiger partial charge in [0.15, 0.2) is 0 Å². The molecule has 2 amide bonds. The van der Waals surface area contributed by atoms with E-state index in [0.717, 1.165) is 10.6 Å². The van der Waals surface area contributed by atoms with E-state index >= 15 is 0 Å². The molecule has 0 spiro atoms. The lowest BCUT2D eigenvalue weighted by Gasteiger charge is -2.52. The van der Waals surface area contributed by atoms with Gasteiger partial charge < -0.3 is 20.2 Å². The predicted octanol–water partition coefficient (Wildman–Crippen LogP) is 3.19. The predicted molar refractivity (Wildman–Crippen MR) is 168 cm³/mol. The van der Waals surface area contributed by atoms with Crippen LogP contribution in [0.3, 0.4) is 0 Å². The number of halogens is 4. The fraction of sp³-hybridized carbons (Fsp3) is 0.387. The van der Waals surface area contributed by atoms with E-state index < -0.39 is 63.7 Å². The first-order valence-corrected chi connectivity index (χ1v) is 15.7. The van der Waals surface area contributed by atoms with Gasteiger partial charge in [-0.15, -0.1) is 0 Å². The second-order valence-corrected chi connectivity index (χ2v) is 13.8. The van der Waals surface area contributed by atoms with Crippen molar-refractivity contribution in [1.82, 2.24) is 9.47 Å². The number of aliphatic hydroxyl groups is 1. The summed E-state index contributed by atoms with van der Waals surface area (Å²) in [4.78, 5) is 39.7. The van der Waals surface area contributed by atoms with Crippen molar-refractivity contribution in [2.75, 3.05) is 26.2 Å². The summed E-state index contributed by atoms with van der Waals surface area (Å²) in [7, 11) is 0. The number of carbonyl (C=O) groups excluding carboxylic acids is 1. The summed E-state index contributed by atoms with van der Waals surface area (Å²) in [5, 5.41) is 40.3. The number of fused-ring (bicyclic) bond motifs is 1. The maximum Gasteiger partial charge on any atom is 0.514 e. The number of rotatable bonds is 6. The zero-order valence-electron chi connectivity index (χ0n) is 25.6. The minimum absolute atomic E-state index is 0.0000422. The van der Waals surface area contributed by atoms with E-state index in [1.807, 2.05) is 0 Å². The topological polar surface area (TPSA) is 145 Å². The maximum atomic E-state index is 14.1. The van der Waals surface area contributed by atoms with Crippen molar-refractivity contribution in [2.45, 2.75) is 51.5 Å². The van der Waals surface area contributed by atoms with E-state index in [4.69, 9.17) is 11.6 Å². The Morgan fingerprint density at radius 3 is 2.51 bits per heavy atom. The second-order valence-electron chi connectivity index (χ2n) is 12.4. The van der Waals surface area contributed by atoms with Crippen LogP contribution in [0.4, 0.5) is 18.0 Å². The highest BCUT2D eigenvalue weighted by molar-refractivity contribution is 7.10. The van der Waals surface area contributed by atoms with Crippen molar-refractivity contribution in [3.63, 3.8) is 0 Å². The number of alkyl halides is 3. The van der Waals surface area contributed by atoms with Gasteiger partial charge in [-0.1, -0.05) is 35.1 Å². The number of aliphatic hydroxyl groups excluding tert-OH is 1. The van der Waals surface area contributed by atoms with Crippen LogP contribution in [-0.2, 0) is 23.9 Å². The molecule has 0 saturated carbocycles. The van der Waals surface area contributed by atoms with Crippen LogP contribution in [-0.4, -0.2) is 85.3 Å². The summed E-state index contributed by atoms with van der Waals surface area (Å²) in [6, 6.07) is 7.36. The highest BCUT2D eigenvalue weighted by atomic mass is 35.5. The number of hydrogen-bond donors (Lipinski definition) is 3. The monoisotopic (exact) mass is 694 g/mol. The third-order valence-corrected chi connectivity index (χ3v) is 10.1. The first-order chi connectivity index (χ1) is 22.0. The van der Waals surface area contributed by atoms with Gasteiger partial charge in [-0.25, -0.2) is 4.48 Å². The molecule has 0 bridgehead atoms. The number of carboxylic acid groups (broad SMARTS) is 1. The summed E-state index contributed by atoms with van der Waals surface area (Å²) < 4.78 is 42.5. The molecule has 16 heteroatoms. The molecule has 0 radical (unpaired) electrons. The Bertz CT molecular complexity index is 1970. The average molecular weight is 695 g/mol. The molecule has 11 nitrogen and oxygen atoms in total. The van der Waals surface area contributed by atoms with E-state index in [1.165, 1.54) is 23.2 Å². The molecular formula is C31H32ClF3N5O6S+. The number of aromatic nitrogens is 1. The minimum Gasteiger partial charge on any atom is -0.493 e. The van der Waals surface area contributed by atoms with Crippen LogP contribution in [0.1, 0.15) is 42.3 Å². The van der Waals surface area contributed by atoms with Gasteiger partial charge in [-0.3, -0.25) is 14.2 Å². The molecule has 47 heavy (non-hydrogen) atoms. The summed E-state index contributed by atoms with van der Waals surface area (Å²) in [6.45, 7) is 4.00. The fourth-order valence-corrected chi connectivity index (χ4v) is 7.44. The molecule has 2 aliphatic heterocycles. The number of benzene rings is 2. The number of amides is 2. The van der Waals surface area contributed by atoms with Crippen LogP contribution in [0.2, 0.25) is 5.02 Å². The molecule has 1 unspecified atom stereocenters. The first-order valence-electron chi connectivity index (χ1n) is 14.5. The zero-order valence-corrected chi connectivity index (χ0v) is 27.2. The van der Waals surface area contributed by atoms with Gasteiger partial charge in [-0.05, 0) is 61.4 Å². The number of hydrogen-bond acceptors (Lipinski definition) is 8.